The van der Waals surface area contributed by atoms with Gasteiger partial charge in [0, 0.05) is 44.4 Å². The van der Waals surface area contributed by atoms with E-state index in [4.69, 9.17) is 16.0 Å². The Balaban J connectivity index is 1.50. The minimum atomic E-state index is 0.438. The van der Waals surface area contributed by atoms with Crippen molar-refractivity contribution in [3.05, 3.63) is 114 Å². The molecule has 0 N–H and O–H groups in total. The fourth-order valence-electron chi connectivity index (χ4n) is 5.09. The summed E-state index contributed by atoms with van der Waals surface area (Å²) in [6.45, 7) is 7.69. The number of nitriles is 1. The van der Waals surface area contributed by atoms with Gasteiger partial charge >= 0.3 is 0 Å². The lowest BCUT2D eigenvalue weighted by atomic mass is 9.94. The van der Waals surface area contributed by atoms with Crippen LogP contribution in [0.2, 0.25) is 0 Å². The Morgan fingerprint density at radius 1 is 0.811 bits per heavy atom. The zero-order valence-electron chi connectivity index (χ0n) is 19.4. The molecular formula is C32H16N4O. The van der Waals surface area contributed by atoms with Gasteiger partial charge in [0.2, 0.25) is 0 Å². The first-order valence-electron chi connectivity index (χ1n) is 11.8. The number of furan rings is 1. The van der Waals surface area contributed by atoms with Gasteiger partial charge in [-0.05, 0) is 48.0 Å². The molecule has 170 valence electrons. The Kier molecular flexibility index (Phi) is 4.51. The third-order valence-corrected chi connectivity index (χ3v) is 6.78. The van der Waals surface area contributed by atoms with E-state index in [9.17, 15) is 5.26 Å². The summed E-state index contributed by atoms with van der Waals surface area (Å²) in [5, 5.41) is 13.7. The Morgan fingerprint density at radius 3 is 2.51 bits per heavy atom. The van der Waals surface area contributed by atoms with E-state index in [1.807, 2.05) is 48.5 Å². The van der Waals surface area contributed by atoms with Crippen LogP contribution in [-0.4, -0.2) is 9.97 Å². The van der Waals surface area contributed by atoms with E-state index in [1.54, 1.807) is 24.4 Å². The molecule has 0 saturated carbocycles. The maximum absolute atomic E-state index is 9.80. The summed E-state index contributed by atoms with van der Waals surface area (Å²) in [5.41, 5.74) is 7.27. The van der Waals surface area contributed by atoms with E-state index in [0.717, 1.165) is 55.0 Å². The second-order valence-corrected chi connectivity index (χ2v) is 8.82. The molecule has 0 bridgehead atoms. The van der Waals surface area contributed by atoms with Gasteiger partial charge < -0.3 is 4.42 Å². The van der Waals surface area contributed by atoms with Crippen molar-refractivity contribution in [3.8, 4) is 28.5 Å². The molecule has 7 rings (SSSR count). The predicted molar refractivity (Wildman–Crippen MR) is 146 cm³/mol. The van der Waals surface area contributed by atoms with Crippen LogP contribution < -0.4 is 0 Å². The van der Waals surface area contributed by atoms with E-state index in [-0.39, 0.29) is 0 Å². The van der Waals surface area contributed by atoms with Gasteiger partial charge in [0.05, 0.1) is 29.4 Å². The molecule has 0 atom stereocenters. The first kappa shape index (κ1) is 20.8. The molecule has 0 amide bonds. The third kappa shape index (κ3) is 3.16. The Morgan fingerprint density at radius 2 is 1.65 bits per heavy atom. The molecule has 0 aliphatic heterocycles. The number of aromatic nitrogens is 2. The van der Waals surface area contributed by atoms with Crippen molar-refractivity contribution in [3.63, 3.8) is 0 Å². The van der Waals surface area contributed by atoms with E-state index in [2.05, 4.69) is 40.2 Å². The molecule has 5 nitrogen and oxygen atoms in total. The van der Waals surface area contributed by atoms with Gasteiger partial charge in [-0.25, -0.2) is 9.83 Å². The molecule has 5 heteroatoms. The summed E-state index contributed by atoms with van der Waals surface area (Å²) in [7, 11) is 0. The molecule has 0 aliphatic rings. The summed E-state index contributed by atoms with van der Waals surface area (Å²) in [6.07, 6.45) is 1.79. The van der Waals surface area contributed by atoms with Crippen LogP contribution in [0.15, 0.2) is 102 Å². The van der Waals surface area contributed by atoms with E-state index in [1.165, 1.54) is 0 Å². The zero-order valence-corrected chi connectivity index (χ0v) is 19.4. The topological polar surface area (TPSA) is 67.1 Å². The van der Waals surface area contributed by atoms with Crippen LogP contribution >= 0.6 is 0 Å². The van der Waals surface area contributed by atoms with E-state index < -0.39 is 0 Å². The van der Waals surface area contributed by atoms with Gasteiger partial charge in [0.25, 0.3) is 0 Å². The van der Waals surface area contributed by atoms with Crippen LogP contribution in [0.5, 0.6) is 0 Å². The maximum Gasteiger partial charge on any atom is 0.196 e. The fourth-order valence-corrected chi connectivity index (χ4v) is 5.09. The number of benzene rings is 4. The zero-order chi connectivity index (χ0) is 24.9. The molecule has 0 fully saturated rings. The summed E-state index contributed by atoms with van der Waals surface area (Å²) < 4.78 is 6.19. The molecule has 0 saturated heterocycles. The van der Waals surface area contributed by atoms with Crippen molar-refractivity contribution in [2.45, 2.75) is 0 Å². The molecule has 4 aromatic carbocycles. The smallest absolute Gasteiger partial charge is 0.196 e. The number of fused-ring (bicyclic) bond motifs is 6. The minimum absolute atomic E-state index is 0.438. The fraction of sp³-hybridized carbons (Fsp3) is 0. The highest BCUT2D eigenvalue weighted by Gasteiger charge is 2.18. The molecule has 0 aliphatic carbocycles. The minimum Gasteiger partial charge on any atom is -0.456 e. The molecule has 3 aromatic heterocycles. The number of hydrogen-bond acceptors (Lipinski definition) is 4. The average molecular weight is 473 g/mol. The lowest BCUT2D eigenvalue weighted by Crippen LogP contribution is -1.89. The lowest BCUT2D eigenvalue weighted by molar-refractivity contribution is 0.669. The van der Waals surface area contributed by atoms with Crippen molar-refractivity contribution in [1.29, 1.82) is 5.26 Å². The van der Waals surface area contributed by atoms with E-state index in [0.29, 0.717) is 22.4 Å². The molecule has 3 heterocycles. The van der Waals surface area contributed by atoms with Crippen LogP contribution in [0.1, 0.15) is 5.56 Å². The Hall–Kier alpha value is -5.52. The number of hydrogen-bond donors (Lipinski definition) is 0. The van der Waals surface area contributed by atoms with Gasteiger partial charge in [0.1, 0.15) is 11.2 Å². The lowest BCUT2D eigenvalue weighted by Gasteiger charge is -2.09. The first-order chi connectivity index (χ1) is 18.2. The number of rotatable bonds is 2. The number of nitrogens with zero attached hydrogens (tertiary/aromatic N) is 4. The van der Waals surface area contributed by atoms with Crippen LogP contribution in [0.25, 0.3) is 71.0 Å². The summed E-state index contributed by atoms with van der Waals surface area (Å²) in [4.78, 5) is 13.3. The molecule has 0 spiro atoms. The first-order valence-corrected chi connectivity index (χ1v) is 11.8. The molecule has 7 aromatic rings. The van der Waals surface area contributed by atoms with Crippen molar-refractivity contribution >= 4 is 49.4 Å². The van der Waals surface area contributed by atoms with Crippen LogP contribution in [0.3, 0.4) is 0 Å². The van der Waals surface area contributed by atoms with Crippen molar-refractivity contribution in [2.75, 3.05) is 0 Å². The maximum atomic E-state index is 9.80. The van der Waals surface area contributed by atoms with Gasteiger partial charge in [-0.3, -0.25) is 4.98 Å². The quantitative estimate of drug-likeness (QED) is 0.187. The largest absolute Gasteiger partial charge is 0.456 e. The monoisotopic (exact) mass is 472 g/mol. The number of pyridine rings is 2. The molecular weight excluding hydrogens is 456 g/mol. The highest BCUT2D eigenvalue weighted by Crippen LogP contribution is 2.42. The Bertz CT molecular complexity index is 2090. The van der Waals surface area contributed by atoms with Crippen LogP contribution in [-0.2, 0) is 0 Å². The van der Waals surface area contributed by atoms with Crippen molar-refractivity contribution in [1.82, 2.24) is 9.97 Å². The standard InChI is InChI=1S/C32H16N4O/c1-34-26-8-2-5-22(18-33)29(26)23-7-3-9-28-30(23)24-17-21(13-15-27(24)37-28)25-14-12-20-11-10-19-6-4-16-35-31(19)32(20)36-25/h2-17H. The Labute approximate surface area is 211 Å². The van der Waals surface area contributed by atoms with Gasteiger partial charge in [-0.2, -0.15) is 5.26 Å². The van der Waals surface area contributed by atoms with Crippen molar-refractivity contribution < 1.29 is 4.42 Å². The second kappa shape index (κ2) is 8.02. The highest BCUT2D eigenvalue weighted by molar-refractivity contribution is 6.15. The third-order valence-electron chi connectivity index (χ3n) is 6.78. The average Bonchev–Trinajstić information content (AvgIpc) is 3.34. The normalized spacial score (nSPS) is 11.2. The van der Waals surface area contributed by atoms with Crippen LogP contribution in [0, 0.1) is 17.9 Å². The van der Waals surface area contributed by atoms with Gasteiger partial charge in [-0.1, -0.05) is 48.5 Å². The highest BCUT2D eigenvalue weighted by atomic mass is 16.3. The predicted octanol–water partition coefficient (Wildman–Crippen LogP) is 8.44. The SMILES string of the molecule is [C-]#[N+]c1cccc(C#N)c1-c1cccc2oc3ccc(-c4ccc5ccc6cccnc6c5n4)cc3c12. The molecule has 0 radical (unpaired) electrons. The molecule has 37 heavy (non-hydrogen) atoms. The van der Waals surface area contributed by atoms with Gasteiger partial charge in [0.15, 0.2) is 5.69 Å². The van der Waals surface area contributed by atoms with Crippen LogP contribution in [0.4, 0.5) is 5.69 Å². The summed E-state index contributed by atoms with van der Waals surface area (Å²) >= 11 is 0. The summed E-state index contributed by atoms with van der Waals surface area (Å²) in [6, 6.07) is 31.4. The molecule has 0 unspecified atom stereocenters. The summed E-state index contributed by atoms with van der Waals surface area (Å²) in [5.74, 6) is 0. The second-order valence-electron chi connectivity index (χ2n) is 8.82. The van der Waals surface area contributed by atoms with Gasteiger partial charge in [-0.15, -0.1) is 0 Å². The van der Waals surface area contributed by atoms with Crippen molar-refractivity contribution in [2.24, 2.45) is 0 Å². The van der Waals surface area contributed by atoms with E-state index >= 15 is 0 Å².